The number of hydrogen-bond acceptors (Lipinski definition) is 3. The second-order valence-corrected chi connectivity index (χ2v) is 4.18. The molecule has 1 aliphatic heterocycles. The fourth-order valence-corrected chi connectivity index (χ4v) is 2.09. The number of anilines is 1. The van der Waals surface area contributed by atoms with Gasteiger partial charge in [-0.2, -0.15) is 0 Å². The number of halogens is 3. The molecule has 0 saturated carbocycles. The van der Waals surface area contributed by atoms with Gasteiger partial charge in [-0.05, 0) is 6.92 Å². The van der Waals surface area contributed by atoms with Gasteiger partial charge in [0, 0.05) is 37.8 Å². The topological polar surface area (TPSA) is 24.5 Å². The third-order valence-electron chi connectivity index (χ3n) is 3.03. The summed E-state index contributed by atoms with van der Waals surface area (Å²) in [4.78, 5) is 1.87. The SMILES string of the molecule is COc1cc(F)c(N2CCNCC2C)cc1F.Cl. The standard InChI is InChI=1S/C12H16F2N2O.ClH/c1-8-7-15-3-4-16(8)11-5-10(14)12(17-2)6-9(11)13;/h5-6,8,15H,3-4,7H2,1-2H3;1H. The second kappa shape index (κ2) is 6.20. The molecule has 0 aromatic heterocycles. The molecule has 1 aromatic rings. The van der Waals surface area contributed by atoms with Gasteiger partial charge in [-0.3, -0.25) is 0 Å². The lowest BCUT2D eigenvalue weighted by molar-refractivity contribution is 0.382. The van der Waals surface area contributed by atoms with Crippen molar-refractivity contribution in [2.45, 2.75) is 13.0 Å². The van der Waals surface area contributed by atoms with E-state index in [1.807, 2.05) is 11.8 Å². The van der Waals surface area contributed by atoms with Crippen molar-refractivity contribution in [3.63, 3.8) is 0 Å². The monoisotopic (exact) mass is 278 g/mol. The largest absolute Gasteiger partial charge is 0.494 e. The number of ether oxygens (including phenoxy) is 1. The Morgan fingerprint density at radius 3 is 2.67 bits per heavy atom. The van der Waals surface area contributed by atoms with Crippen molar-refractivity contribution in [1.82, 2.24) is 5.32 Å². The Hall–Kier alpha value is -1.07. The molecule has 0 spiro atoms. The number of methoxy groups -OCH3 is 1. The third kappa shape index (κ3) is 2.84. The number of nitrogens with one attached hydrogen (secondary N) is 1. The van der Waals surface area contributed by atoms with Gasteiger partial charge < -0.3 is 15.0 Å². The fraction of sp³-hybridized carbons (Fsp3) is 0.500. The molecule has 1 fully saturated rings. The summed E-state index contributed by atoms with van der Waals surface area (Å²) < 4.78 is 32.2. The summed E-state index contributed by atoms with van der Waals surface area (Å²) in [5.41, 5.74) is 0.303. The highest BCUT2D eigenvalue weighted by Crippen LogP contribution is 2.28. The Morgan fingerprint density at radius 1 is 1.33 bits per heavy atom. The minimum atomic E-state index is -0.533. The Balaban J connectivity index is 0.00000162. The Morgan fingerprint density at radius 2 is 2.06 bits per heavy atom. The summed E-state index contributed by atoms with van der Waals surface area (Å²) in [5.74, 6) is -1.04. The maximum Gasteiger partial charge on any atom is 0.167 e. The van der Waals surface area contributed by atoms with Gasteiger partial charge in [-0.1, -0.05) is 0 Å². The van der Waals surface area contributed by atoms with Gasteiger partial charge in [0.05, 0.1) is 12.8 Å². The predicted octanol–water partition coefficient (Wildman–Crippen LogP) is 2.19. The lowest BCUT2D eigenvalue weighted by Crippen LogP contribution is -2.50. The van der Waals surface area contributed by atoms with Crippen LogP contribution < -0.4 is 15.0 Å². The van der Waals surface area contributed by atoms with Gasteiger partial charge in [-0.15, -0.1) is 12.4 Å². The van der Waals surface area contributed by atoms with E-state index in [-0.39, 0.29) is 24.2 Å². The lowest BCUT2D eigenvalue weighted by Gasteiger charge is -2.36. The molecule has 1 aromatic carbocycles. The van der Waals surface area contributed by atoms with Gasteiger partial charge in [0.2, 0.25) is 0 Å². The van der Waals surface area contributed by atoms with E-state index in [1.165, 1.54) is 13.2 Å². The van der Waals surface area contributed by atoms with Crippen molar-refractivity contribution in [2.75, 3.05) is 31.6 Å². The third-order valence-corrected chi connectivity index (χ3v) is 3.03. The van der Waals surface area contributed by atoms with Crippen LogP contribution in [-0.2, 0) is 0 Å². The van der Waals surface area contributed by atoms with Gasteiger partial charge in [0.1, 0.15) is 5.82 Å². The first kappa shape index (κ1) is 15.0. The van der Waals surface area contributed by atoms with Crippen LogP contribution >= 0.6 is 12.4 Å². The molecule has 0 bridgehead atoms. The van der Waals surface area contributed by atoms with Gasteiger partial charge in [0.25, 0.3) is 0 Å². The molecule has 1 unspecified atom stereocenters. The maximum atomic E-state index is 13.9. The zero-order valence-electron chi connectivity index (χ0n) is 10.4. The highest BCUT2D eigenvalue weighted by atomic mass is 35.5. The van der Waals surface area contributed by atoms with Gasteiger partial charge >= 0.3 is 0 Å². The van der Waals surface area contributed by atoms with Crippen LogP contribution in [0.5, 0.6) is 5.75 Å². The number of piperazine rings is 1. The van der Waals surface area contributed by atoms with E-state index in [0.29, 0.717) is 12.2 Å². The van der Waals surface area contributed by atoms with Crippen LogP contribution in [0.25, 0.3) is 0 Å². The molecule has 1 saturated heterocycles. The maximum absolute atomic E-state index is 13.9. The van der Waals surface area contributed by atoms with Crippen LogP contribution in [0.15, 0.2) is 12.1 Å². The van der Waals surface area contributed by atoms with E-state index in [9.17, 15) is 8.78 Å². The first-order valence-corrected chi connectivity index (χ1v) is 5.64. The predicted molar refractivity (Wildman–Crippen MR) is 69.8 cm³/mol. The highest BCUT2D eigenvalue weighted by molar-refractivity contribution is 5.85. The fourth-order valence-electron chi connectivity index (χ4n) is 2.09. The molecule has 1 heterocycles. The van der Waals surface area contributed by atoms with Crippen LogP contribution in [-0.4, -0.2) is 32.8 Å². The first-order chi connectivity index (χ1) is 8.13. The number of hydrogen-bond donors (Lipinski definition) is 1. The van der Waals surface area contributed by atoms with Crippen molar-refractivity contribution in [3.05, 3.63) is 23.8 Å². The number of rotatable bonds is 2. The van der Waals surface area contributed by atoms with Crippen molar-refractivity contribution < 1.29 is 13.5 Å². The van der Waals surface area contributed by atoms with Crippen LogP contribution in [0.2, 0.25) is 0 Å². The summed E-state index contributed by atoms with van der Waals surface area (Å²) in [7, 11) is 1.32. The van der Waals surface area contributed by atoms with Crippen molar-refractivity contribution in [1.29, 1.82) is 0 Å². The minimum absolute atomic E-state index is 0. The lowest BCUT2D eigenvalue weighted by atomic mass is 10.1. The molecule has 0 radical (unpaired) electrons. The summed E-state index contributed by atoms with van der Waals surface area (Å²) >= 11 is 0. The molecule has 0 amide bonds. The quantitative estimate of drug-likeness (QED) is 0.898. The van der Waals surface area contributed by atoms with Crippen molar-refractivity contribution in [2.24, 2.45) is 0 Å². The van der Waals surface area contributed by atoms with Crippen LogP contribution in [0, 0.1) is 11.6 Å². The Labute approximate surface area is 112 Å². The van der Waals surface area contributed by atoms with Gasteiger partial charge in [0.15, 0.2) is 11.6 Å². The molecule has 1 N–H and O–H groups in total. The summed E-state index contributed by atoms with van der Waals surface area (Å²) in [5, 5.41) is 3.21. The smallest absolute Gasteiger partial charge is 0.167 e. The molecule has 1 atom stereocenters. The average molecular weight is 279 g/mol. The van der Waals surface area contributed by atoms with E-state index in [0.717, 1.165) is 19.2 Å². The summed E-state index contributed by atoms with van der Waals surface area (Å²) in [6.07, 6.45) is 0. The zero-order chi connectivity index (χ0) is 12.4. The number of nitrogens with zero attached hydrogens (tertiary/aromatic N) is 1. The molecule has 2 rings (SSSR count). The van der Waals surface area contributed by atoms with Crippen LogP contribution in [0.3, 0.4) is 0 Å². The average Bonchev–Trinajstić information content (AvgIpc) is 2.32. The summed E-state index contributed by atoms with van der Waals surface area (Å²) in [6, 6.07) is 2.45. The van der Waals surface area contributed by atoms with E-state index >= 15 is 0 Å². The molecule has 0 aliphatic carbocycles. The van der Waals surface area contributed by atoms with Crippen LogP contribution in [0.4, 0.5) is 14.5 Å². The van der Waals surface area contributed by atoms with E-state index in [2.05, 4.69) is 5.32 Å². The second-order valence-electron chi connectivity index (χ2n) is 4.18. The normalized spacial score (nSPS) is 19.3. The van der Waals surface area contributed by atoms with Crippen molar-refractivity contribution >= 4 is 18.1 Å². The molecule has 3 nitrogen and oxygen atoms in total. The van der Waals surface area contributed by atoms with Crippen LogP contribution in [0.1, 0.15) is 6.92 Å². The molecule has 6 heteroatoms. The van der Waals surface area contributed by atoms with E-state index in [1.54, 1.807) is 0 Å². The Kier molecular flexibility index (Phi) is 5.16. The van der Waals surface area contributed by atoms with E-state index in [4.69, 9.17) is 4.74 Å². The molecule has 1 aliphatic rings. The minimum Gasteiger partial charge on any atom is -0.494 e. The van der Waals surface area contributed by atoms with E-state index < -0.39 is 11.6 Å². The molecule has 102 valence electrons. The molecular formula is C12H17ClF2N2O. The van der Waals surface area contributed by atoms with Crippen molar-refractivity contribution in [3.8, 4) is 5.75 Å². The molecule has 18 heavy (non-hydrogen) atoms. The van der Waals surface area contributed by atoms with Gasteiger partial charge in [-0.25, -0.2) is 8.78 Å². The Bertz CT molecular complexity index is 417. The molecular weight excluding hydrogens is 262 g/mol. The first-order valence-electron chi connectivity index (χ1n) is 5.64. The highest BCUT2D eigenvalue weighted by Gasteiger charge is 2.22. The zero-order valence-corrected chi connectivity index (χ0v) is 11.2. The number of benzene rings is 1. The summed E-state index contributed by atoms with van der Waals surface area (Å²) in [6.45, 7) is 4.20.